The Hall–Kier alpha value is -0.690. The summed E-state index contributed by atoms with van der Waals surface area (Å²) in [4.78, 5) is 12.1. The molecular weight excluding hydrogens is 324 g/mol. The number of carbonyl (C=O) groups excluding carboxylic acids is 1. The first-order valence-corrected chi connectivity index (χ1v) is 9.89. The van der Waals surface area contributed by atoms with E-state index in [0.29, 0.717) is 26.1 Å². The van der Waals surface area contributed by atoms with Crippen LogP contribution in [0.1, 0.15) is 64.7 Å². The fourth-order valence-corrected chi connectivity index (χ4v) is 3.87. The zero-order valence-corrected chi connectivity index (χ0v) is 15.3. The van der Waals surface area contributed by atoms with Crippen LogP contribution in [-0.2, 0) is 23.7 Å². The Morgan fingerprint density at radius 2 is 1.80 bits per heavy atom. The number of fused-ring (bicyclic) bond motifs is 1. The van der Waals surface area contributed by atoms with Crippen molar-refractivity contribution in [3.05, 3.63) is 0 Å². The number of hydrogen-bond donors (Lipinski definition) is 1. The maximum Gasteiger partial charge on any atom is 0.306 e. The van der Waals surface area contributed by atoms with E-state index in [1.807, 2.05) is 0 Å². The van der Waals surface area contributed by atoms with Gasteiger partial charge < -0.3 is 24.1 Å². The molecule has 6 heteroatoms. The van der Waals surface area contributed by atoms with Crippen LogP contribution in [0.15, 0.2) is 0 Å². The van der Waals surface area contributed by atoms with Crippen molar-refractivity contribution >= 4 is 5.97 Å². The van der Waals surface area contributed by atoms with Gasteiger partial charge in [-0.25, -0.2) is 0 Å². The predicted octanol–water partition coefficient (Wildman–Crippen LogP) is 2.36. The minimum atomic E-state index is -1.02. The van der Waals surface area contributed by atoms with Gasteiger partial charge in [0.2, 0.25) is 0 Å². The molecule has 0 radical (unpaired) electrons. The summed E-state index contributed by atoms with van der Waals surface area (Å²) < 4.78 is 22.2. The summed E-state index contributed by atoms with van der Waals surface area (Å²) in [6.45, 7) is 3.42. The lowest BCUT2D eigenvalue weighted by Gasteiger charge is -2.25. The van der Waals surface area contributed by atoms with Crippen LogP contribution < -0.4 is 0 Å². The van der Waals surface area contributed by atoms with Crippen molar-refractivity contribution in [1.29, 1.82) is 0 Å². The summed E-state index contributed by atoms with van der Waals surface area (Å²) in [5, 5.41) is 10.7. The molecule has 3 fully saturated rings. The largest absolute Gasteiger partial charge is 0.457 e. The number of hydrogen-bond acceptors (Lipinski definition) is 6. The van der Waals surface area contributed by atoms with Crippen LogP contribution in [0.25, 0.3) is 0 Å². The highest BCUT2D eigenvalue weighted by Gasteiger charge is 2.58. The molecule has 3 saturated heterocycles. The third-order valence-electron chi connectivity index (χ3n) is 5.41. The van der Waals surface area contributed by atoms with Crippen LogP contribution >= 0.6 is 0 Å². The van der Waals surface area contributed by atoms with Gasteiger partial charge in [-0.1, -0.05) is 45.4 Å². The number of carbonyl (C=O) groups is 1. The van der Waals surface area contributed by atoms with Crippen LogP contribution in [0.4, 0.5) is 0 Å². The lowest BCUT2D eigenvalue weighted by molar-refractivity contribution is -0.154. The topological polar surface area (TPSA) is 77.5 Å². The molecule has 1 N–H and O–H groups in total. The van der Waals surface area contributed by atoms with Gasteiger partial charge >= 0.3 is 5.97 Å². The van der Waals surface area contributed by atoms with Gasteiger partial charge in [0.1, 0.15) is 17.8 Å². The minimum Gasteiger partial charge on any atom is -0.457 e. The van der Waals surface area contributed by atoms with Crippen LogP contribution in [0.3, 0.4) is 0 Å². The van der Waals surface area contributed by atoms with Gasteiger partial charge in [0.15, 0.2) is 6.10 Å². The van der Waals surface area contributed by atoms with Crippen LogP contribution in [0.5, 0.6) is 0 Å². The third-order valence-corrected chi connectivity index (χ3v) is 5.41. The smallest absolute Gasteiger partial charge is 0.306 e. The van der Waals surface area contributed by atoms with Gasteiger partial charge in [-0.2, -0.15) is 0 Å². The predicted molar refractivity (Wildman–Crippen MR) is 91.3 cm³/mol. The highest BCUT2D eigenvalue weighted by molar-refractivity contribution is 5.69. The van der Waals surface area contributed by atoms with Crippen molar-refractivity contribution < 1.29 is 28.8 Å². The third kappa shape index (κ3) is 5.16. The fourth-order valence-electron chi connectivity index (χ4n) is 3.87. The summed E-state index contributed by atoms with van der Waals surface area (Å²) in [5.74, 6) is -0.188. The molecule has 0 aliphatic carbocycles. The molecule has 0 bridgehead atoms. The van der Waals surface area contributed by atoms with E-state index >= 15 is 0 Å². The Bertz CT molecular complexity index is 438. The maximum absolute atomic E-state index is 12.1. The molecule has 0 spiro atoms. The number of esters is 1. The Kier molecular flexibility index (Phi) is 6.72. The molecular formula is C19H32O6. The second-order valence-electron chi connectivity index (χ2n) is 7.69. The van der Waals surface area contributed by atoms with Crippen molar-refractivity contribution in [3.8, 4) is 0 Å². The molecule has 0 aromatic heterocycles. The van der Waals surface area contributed by atoms with E-state index in [2.05, 4.69) is 6.92 Å². The molecule has 5 atom stereocenters. The lowest BCUT2D eigenvalue weighted by atomic mass is 9.91. The average molecular weight is 356 g/mol. The Morgan fingerprint density at radius 1 is 1.08 bits per heavy atom. The van der Waals surface area contributed by atoms with Crippen molar-refractivity contribution in [2.24, 2.45) is 0 Å². The normalized spacial score (nSPS) is 36.4. The molecule has 25 heavy (non-hydrogen) atoms. The zero-order valence-electron chi connectivity index (χ0n) is 15.3. The van der Waals surface area contributed by atoms with Gasteiger partial charge in [-0.05, 0) is 6.42 Å². The molecule has 3 rings (SSSR count). The fraction of sp³-hybridized carbons (Fsp3) is 0.947. The van der Waals surface area contributed by atoms with Crippen LogP contribution in [-0.4, -0.2) is 60.9 Å². The quantitative estimate of drug-likeness (QED) is 0.348. The molecule has 3 aliphatic heterocycles. The molecule has 0 aromatic carbocycles. The summed E-state index contributed by atoms with van der Waals surface area (Å²) in [6.07, 6.45) is 8.10. The van der Waals surface area contributed by atoms with E-state index < -0.39 is 17.8 Å². The van der Waals surface area contributed by atoms with Gasteiger partial charge in [0.05, 0.1) is 25.9 Å². The summed E-state index contributed by atoms with van der Waals surface area (Å²) in [6, 6.07) is 0. The number of rotatable bonds is 11. The Balaban J connectivity index is 1.33. The van der Waals surface area contributed by atoms with E-state index in [4.69, 9.17) is 18.9 Å². The first-order valence-electron chi connectivity index (χ1n) is 9.89. The van der Waals surface area contributed by atoms with E-state index in [1.165, 1.54) is 32.1 Å². The first kappa shape index (κ1) is 19.1. The molecule has 1 unspecified atom stereocenters. The number of aliphatic hydroxyl groups is 1. The Morgan fingerprint density at radius 3 is 2.52 bits per heavy atom. The summed E-state index contributed by atoms with van der Waals surface area (Å²) >= 11 is 0. The second kappa shape index (κ2) is 8.80. The number of epoxide rings is 1. The van der Waals surface area contributed by atoms with Crippen molar-refractivity contribution in [2.45, 2.75) is 94.7 Å². The van der Waals surface area contributed by atoms with Gasteiger partial charge in [0, 0.05) is 12.8 Å². The van der Waals surface area contributed by atoms with E-state index in [-0.39, 0.29) is 24.8 Å². The number of unbranched alkanes of at least 4 members (excludes halogenated alkanes) is 6. The number of ether oxygens (including phenoxy) is 4. The van der Waals surface area contributed by atoms with Crippen molar-refractivity contribution in [3.63, 3.8) is 0 Å². The maximum atomic E-state index is 12.1. The molecule has 144 valence electrons. The minimum absolute atomic E-state index is 0.106. The van der Waals surface area contributed by atoms with Gasteiger partial charge in [0.25, 0.3) is 0 Å². The molecule has 0 amide bonds. The molecule has 0 saturated carbocycles. The highest BCUT2D eigenvalue weighted by atomic mass is 16.6. The molecule has 6 nitrogen and oxygen atoms in total. The summed E-state index contributed by atoms with van der Waals surface area (Å²) in [5.41, 5.74) is -1.02. The second-order valence-corrected chi connectivity index (χ2v) is 7.69. The van der Waals surface area contributed by atoms with Gasteiger partial charge in [-0.15, -0.1) is 0 Å². The first-order chi connectivity index (χ1) is 12.1. The molecule has 3 aliphatic rings. The SMILES string of the molecule is CCCCCCCCCC(=O)O[C@@H]1CO[C@H]2[C@@H]1OC[C@@]2(O)CC1CO1. The summed E-state index contributed by atoms with van der Waals surface area (Å²) in [7, 11) is 0. The standard InChI is InChI=1S/C19H32O6/c1-2-3-4-5-6-7-8-9-16(20)25-15-12-23-18-17(15)24-13-19(18,21)10-14-11-22-14/h14-15,17-18,21H,2-13H2,1H3/t14?,15-,17-,18+,19+/m1/s1. The Labute approximate surface area is 150 Å². The van der Waals surface area contributed by atoms with Crippen molar-refractivity contribution in [1.82, 2.24) is 0 Å². The van der Waals surface area contributed by atoms with Crippen molar-refractivity contribution in [2.75, 3.05) is 19.8 Å². The zero-order chi connectivity index (χ0) is 17.7. The van der Waals surface area contributed by atoms with E-state index in [0.717, 1.165) is 12.8 Å². The van der Waals surface area contributed by atoms with Gasteiger partial charge in [-0.3, -0.25) is 4.79 Å². The monoisotopic (exact) mass is 356 g/mol. The van der Waals surface area contributed by atoms with E-state index in [1.54, 1.807) is 0 Å². The van der Waals surface area contributed by atoms with E-state index in [9.17, 15) is 9.90 Å². The molecule has 3 heterocycles. The van der Waals surface area contributed by atoms with Crippen LogP contribution in [0, 0.1) is 0 Å². The lowest BCUT2D eigenvalue weighted by Crippen LogP contribution is -2.45. The van der Waals surface area contributed by atoms with Crippen LogP contribution in [0.2, 0.25) is 0 Å². The molecule has 0 aromatic rings. The highest BCUT2D eigenvalue weighted by Crippen LogP contribution is 2.40. The average Bonchev–Trinajstić information content (AvgIpc) is 3.20.